The number of rotatable bonds is 3. The van der Waals surface area contributed by atoms with Crippen LogP contribution in [0.2, 0.25) is 0 Å². The second-order valence-electron chi connectivity index (χ2n) is 9.26. The van der Waals surface area contributed by atoms with Crippen molar-refractivity contribution in [1.29, 1.82) is 0 Å². The van der Waals surface area contributed by atoms with Gasteiger partial charge in [0.1, 0.15) is 22.7 Å². The van der Waals surface area contributed by atoms with E-state index in [4.69, 9.17) is 0 Å². The number of nitrogens with one attached hydrogen (secondary N) is 2. The summed E-state index contributed by atoms with van der Waals surface area (Å²) in [6, 6.07) is 15.5. The van der Waals surface area contributed by atoms with Crippen LogP contribution >= 0.6 is 11.3 Å². The predicted molar refractivity (Wildman–Crippen MR) is 144 cm³/mol. The van der Waals surface area contributed by atoms with Gasteiger partial charge in [-0.05, 0) is 41.6 Å². The smallest absolute Gasteiger partial charge is 0.117 e. The van der Waals surface area contributed by atoms with Crippen LogP contribution in [-0.4, -0.2) is 29.9 Å². The number of benzene rings is 3. The molecular formula is C28H22N6S. The quantitative estimate of drug-likeness (QED) is 0.262. The van der Waals surface area contributed by atoms with Crippen LogP contribution in [0.3, 0.4) is 0 Å². The molecular weight excluding hydrogens is 452 g/mol. The molecule has 0 fully saturated rings. The Morgan fingerprint density at radius 2 is 1.60 bits per heavy atom. The predicted octanol–water partition coefficient (Wildman–Crippen LogP) is 7.36. The van der Waals surface area contributed by atoms with Gasteiger partial charge in [-0.25, -0.2) is 9.97 Å². The van der Waals surface area contributed by atoms with Crippen molar-refractivity contribution in [2.45, 2.75) is 26.7 Å². The number of aromatic amines is 2. The number of aromatic nitrogens is 6. The van der Waals surface area contributed by atoms with Crippen LogP contribution in [0.4, 0.5) is 0 Å². The van der Waals surface area contributed by atoms with Crippen molar-refractivity contribution in [3.8, 4) is 21.7 Å². The minimum atomic E-state index is 0.380. The molecule has 2 N–H and O–H groups in total. The third-order valence-corrected chi connectivity index (χ3v) is 7.68. The molecule has 0 bridgehead atoms. The molecule has 0 aliphatic carbocycles. The van der Waals surface area contributed by atoms with Gasteiger partial charge in [-0.15, -0.1) is 11.3 Å². The van der Waals surface area contributed by atoms with E-state index in [1.165, 1.54) is 20.5 Å². The number of hydrogen-bond donors (Lipinski definition) is 2. The van der Waals surface area contributed by atoms with Gasteiger partial charge in [0.05, 0.1) is 27.8 Å². The van der Waals surface area contributed by atoms with E-state index in [2.05, 4.69) is 86.2 Å². The van der Waals surface area contributed by atoms with E-state index in [1.807, 2.05) is 13.1 Å². The summed E-state index contributed by atoms with van der Waals surface area (Å²) in [6.07, 6.45) is 5.42. The van der Waals surface area contributed by atoms with Gasteiger partial charge in [-0.2, -0.15) is 0 Å². The van der Waals surface area contributed by atoms with Gasteiger partial charge in [0.15, 0.2) is 0 Å². The van der Waals surface area contributed by atoms with E-state index in [1.54, 1.807) is 23.7 Å². The first-order valence-electron chi connectivity index (χ1n) is 11.7. The lowest BCUT2D eigenvalue weighted by Crippen LogP contribution is -1.88. The van der Waals surface area contributed by atoms with E-state index >= 15 is 0 Å². The molecule has 0 spiro atoms. The van der Waals surface area contributed by atoms with Crippen LogP contribution < -0.4 is 0 Å². The fourth-order valence-corrected chi connectivity index (χ4v) is 5.87. The SMILES string of the molecule is Cc1nc2c3nccnc3c3cc(-c4ccc5cc(-c6cnc(C(C)C)[nH]6)sc5c4)ccc3c2[nH]1. The fraction of sp³-hybridized carbons (Fsp3) is 0.143. The molecule has 3 aromatic carbocycles. The molecule has 6 nitrogen and oxygen atoms in total. The molecule has 4 aromatic heterocycles. The highest BCUT2D eigenvalue weighted by Gasteiger charge is 2.15. The molecule has 0 radical (unpaired) electrons. The zero-order valence-electron chi connectivity index (χ0n) is 19.5. The van der Waals surface area contributed by atoms with Crippen molar-refractivity contribution in [2.75, 3.05) is 0 Å². The Morgan fingerprint density at radius 1 is 0.800 bits per heavy atom. The van der Waals surface area contributed by atoms with Crippen LogP contribution in [0.15, 0.2) is 61.1 Å². The standard InChI is InChI=1S/C28H22N6S/c1-14(2)28-31-13-21(34-28)23-12-18-5-4-17(11-22(18)35-23)16-6-7-19-20(10-16)24-26(30-9-8-29-24)27-25(19)32-15(3)33-27/h4-14H,1-3H3,(H,31,34)(H,32,33). The summed E-state index contributed by atoms with van der Waals surface area (Å²) >= 11 is 1.79. The molecule has 0 unspecified atom stereocenters. The van der Waals surface area contributed by atoms with Gasteiger partial charge in [0.25, 0.3) is 0 Å². The number of fused-ring (bicyclic) bond motifs is 7. The Kier molecular flexibility index (Phi) is 4.32. The number of nitrogens with zero attached hydrogens (tertiary/aromatic N) is 4. The van der Waals surface area contributed by atoms with Crippen molar-refractivity contribution < 1.29 is 0 Å². The molecule has 170 valence electrons. The van der Waals surface area contributed by atoms with E-state index in [0.717, 1.165) is 55.7 Å². The second-order valence-corrected chi connectivity index (χ2v) is 10.3. The molecule has 7 rings (SSSR count). The highest BCUT2D eigenvalue weighted by atomic mass is 32.1. The summed E-state index contributed by atoms with van der Waals surface area (Å²) in [5, 5.41) is 3.42. The second kappa shape index (κ2) is 7.45. The highest BCUT2D eigenvalue weighted by molar-refractivity contribution is 7.22. The Labute approximate surface area is 205 Å². The maximum atomic E-state index is 4.68. The summed E-state index contributed by atoms with van der Waals surface area (Å²) in [5.74, 6) is 2.27. The van der Waals surface area contributed by atoms with Crippen molar-refractivity contribution in [1.82, 2.24) is 29.9 Å². The van der Waals surface area contributed by atoms with Crippen molar-refractivity contribution in [2.24, 2.45) is 0 Å². The molecule has 0 aliphatic rings. The highest BCUT2D eigenvalue weighted by Crippen LogP contribution is 2.38. The van der Waals surface area contributed by atoms with Gasteiger partial charge < -0.3 is 9.97 Å². The number of thiophene rings is 1. The van der Waals surface area contributed by atoms with E-state index in [9.17, 15) is 0 Å². The average molecular weight is 475 g/mol. The number of H-pyrrole nitrogens is 2. The first-order chi connectivity index (χ1) is 17.0. The van der Waals surface area contributed by atoms with Gasteiger partial charge in [-0.3, -0.25) is 9.97 Å². The van der Waals surface area contributed by atoms with Gasteiger partial charge >= 0.3 is 0 Å². The maximum absolute atomic E-state index is 4.68. The molecule has 4 heterocycles. The molecule has 0 amide bonds. The van der Waals surface area contributed by atoms with Crippen LogP contribution in [0.1, 0.15) is 31.4 Å². The van der Waals surface area contributed by atoms with Gasteiger partial charge in [-0.1, -0.05) is 38.1 Å². The lowest BCUT2D eigenvalue weighted by Gasteiger charge is -2.08. The molecule has 7 heteroatoms. The molecule has 7 aromatic rings. The zero-order chi connectivity index (χ0) is 23.7. The Morgan fingerprint density at radius 3 is 2.43 bits per heavy atom. The third kappa shape index (κ3) is 3.15. The molecule has 35 heavy (non-hydrogen) atoms. The summed E-state index contributed by atoms with van der Waals surface area (Å²) in [6.45, 7) is 6.27. The third-order valence-electron chi connectivity index (χ3n) is 6.55. The topological polar surface area (TPSA) is 83.1 Å². The number of aryl methyl sites for hydroxylation is 1. The average Bonchev–Trinajstić information content (AvgIpc) is 3.61. The van der Waals surface area contributed by atoms with E-state index in [-0.39, 0.29) is 0 Å². The Bertz CT molecular complexity index is 1910. The van der Waals surface area contributed by atoms with Crippen LogP contribution in [0.25, 0.3) is 64.6 Å². The largest absolute Gasteiger partial charge is 0.342 e. The molecule has 0 aliphatic heterocycles. The lowest BCUT2D eigenvalue weighted by atomic mass is 9.99. The summed E-state index contributed by atoms with van der Waals surface area (Å²) in [5.41, 5.74) is 7.00. The van der Waals surface area contributed by atoms with Crippen LogP contribution in [-0.2, 0) is 0 Å². The summed E-state index contributed by atoms with van der Waals surface area (Å²) in [7, 11) is 0. The molecule has 0 atom stereocenters. The van der Waals surface area contributed by atoms with Gasteiger partial charge in [0.2, 0.25) is 0 Å². The minimum Gasteiger partial charge on any atom is -0.342 e. The Balaban J connectivity index is 1.38. The molecule has 0 saturated heterocycles. The number of hydrogen-bond acceptors (Lipinski definition) is 5. The summed E-state index contributed by atoms with van der Waals surface area (Å²) < 4.78 is 1.25. The zero-order valence-corrected chi connectivity index (χ0v) is 20.4. The monoisotopic (exact) mass is 474 g/mol. The minimum absolute atomic E-state index is 0.380. The summed E-state index contributed by atoms with van der Waals surface area (Å²) in [4.78, 5) is 26.6. The normalized spacial score (nSPS) is 12.1. The van der Waals surface area contributed by atoms with E-state index < -0.39 is 0 Å². The fourth-order valence-electron chi connectivity index (χ4n) is 4.80. The van der Waals surface area contributed by atoms with Crippen LogP contribution in [0.5, 0.6) is 0 Å². The van der Waals surface area contributed by atoms with Crippen molar-refractivity contribution >= 4 is 54.3 Å². The maximum Gasteiger partial charge on any atom is 0.117 e. The Hall–Kier alpha value is -4.10. The first kappa shape index (κ1) is 20.3. The van der Waals surface area contributed by atoms with Crippen molar-refractivity contribution in [3.63, 3.8) is 0 Å². The first-order valence-corrected chi connectivity index (χ1v) is 12.5. The molecule has 0 saturated carbocycles. The van der Waals surface area contributed by atoms with Crippen LogP contribution in [0, 0.1) is 6.92 Å². The lowest BCUT2D eigenvalue weighted by molar-refractivity contribution is 0.795. The number of imidazole rings is 2. The van der Waals surface area contributed by atoms with Crippen molar-refractivity contribution in [3.05, 3.63) is 72.7 Å². The van der Waals surface area contributed by atoms with Gasteiger partial charge in [0, 0.05) is 33.8 Å². The van der Waals surface area contributed by atoms with E-state index in [0.29, 0.717) is 5.92 Å².